The van der Waals surface area contributed by atoms with E-state index in [0.717, 1.165) is 43.8 Å². The minimum absolute atomic E-state index is 0.0504. The largest absolute Gasteiger partial charge is 0.492 e. The van der Waals surface area contributed by atoms with Crippen LogP contribution in [0.25, 0.3) is 11.1 Å². The van der Waals surface area contributed by atoms with Gasteiger partial charge in [0.1, 0.15) is 11.8 Å². The fourth-order valence-corrected chi connectivity index (χ4v) is 7.11. The van der Waals surface area contributed by atoms with E-state index in [-0.39, 0.29) is 29.6 Å². The minimum atomic E-state index is -0.603. The maximum absolute atomic E-state index is 13.2. The molecule has 5 heterocycles. The smallest absolute Gasteiger partial charge is 0.255 e. The highest BCUT2D eigenvalue weighted by molar-refractivity contribution is 6.05. The average molecular weight is 552 g/mol. The number of nitrogens with one attached hydrogen (secondary N) is 1. The summed E-state index contributed by atoms with van der Waals surface area (Å²) in [5, 5.41) is 6.94. The first kappa shape index (κ1) is 24.8. The van der Waals surface area contributed by atoms with Crippen LogP contribution in [0.1, 0.15) is 71.6 Å². The van der Waals surface area contributed by atoms with Crippen LogP contribution < -0.4 is 10.1 Å². The van der Waals surface area contributed by atoms with Gasteiger partial charge in [-0.3, -0.25) is 29.3 Å². The van der Waals surface area contributed by atoms with E-state index in [4.69, 9.17) is 4.74 Å². The van der Waals surface area contributed by atoms with Crippen molar-refractivity contribution in [3.8, 4) is 16.9 Å². The maximum Gasteiger partial charge on any atom is 0.255 e. The number of carbonyl (C=O) groups is 3. The van der Waals surface area contributed by atoms with Crippen molar-refractivity contribution in [1.29, 1.82) is 0 Å². The summed E-state index contributed by atoms with van der Waals surface area (Å²) in [6.07, 6.45) is 9.23. The van der Waals surface area contributed by atoms with Crippen LogP contribution in [0.3, 0.4) is 0 Å². The SMILES string of the molecule is O=C1CCC(N2Cc3cc4c(cc3C2=O)OCC42CCN(Cc3cccc(-c4cnn(C5CC5)c4)c3)CC2)C(=O)N1. The molecule has 1 unspecified atom stereocenters. The summed E-state index contributed by atoms with van der Waals surface area (Å²) in [5.74, 6) is -0.00699. The fraction of sp³-hybridized carbons (Fsp3) is 0.438. The van der Waals surface area contributed by atoms with Crippen molar-refractivity contribution < 1.29 is 19.1 Å². The van der Waals surface area contributed by atoms with E-state index in [2.05, 4.69) is 56.5 Å². The molecular weight excluding hydrogens is 518 g/mol. The Bertz CT molecular complexity index is 1580. The molecule has 8 rings (SSSR count). The predicted molar refractivity (Wildman–Crippen MR) is 150 cm³/mol. The lowest BCUT2D eigenvalue weighted by Crippen LogP contribution is -2.52. The number of piperidine rings is 2. The van der Waals surface area contributed by atoms with E-state index >= 15 is 0 Å². The highest BCUT2D eigenvalue weighted by Gasteiger charge is 2.46. The van der Waals surface area contributed by atoms with E-state index in [1.54, 1.807) is 4.90 Å². The first-order valence-electron chi connectivity index (χ1n) is 14.8. The first-order valence-corrected chi connectivity index (χ1v) is 14.8. The molecule has 3 aromatic rings. The number of carbonyl (C=O) groups excluding carboxylic acids is 3. The predicted octanol–water partition coefficient (Wildman–Crippen LogP) is 3.57. The van der Waals surface area contributed by atoms with Gasteiger partial charge in [0.25, 0.3) is 5.91 Å². The highest BCUT2D eigenvalue weighted by Crippen LogP contribution is 2.48. The number of ether oxygens (including phenoxy) is 1. The van der Waals surface area contributed by atoms with Gasteiger partial charge in [-0.1, -0.05) is 18.2 Å². The molecule has 41 heavy (non-hydrogen) atoms. The van der Waals surface area contributed by atoms with Gasteiger partial charge in [0, 0.05) is 47.8 Å². The lowest BCUT2D eigenvalue weighted by molar-refractivity contribution is -0.136. The Kier molecular flexibility index (Phi) is 5.61. The van der Waals surface area contributed by atoms with E-state index in [1.807, 2.05) is 12.3 Å². The summed E-state index contributed by atoms with van der Waals surface area (Å²) in [6.45, 7) is 3.90. The van der Waals surface area contributed by atoms with Gasteiger partial charge in [-0.25, -0.2) is 0 Å². The molecule has 2 aromatic carbocycles. The Morgan fingerprint density at radius 2 is 1.88 bits per heavy atom. The number of amides is 3. The maximum atomic E-state index is 13.2. The van der Waals surface area contributed by atoms with Crippen molar-refractivity contribution in [3.05, 3.63) is 71.0 Å². The van der Waals surface area contributed by atoms with Crippen LogP contribution >= 0.6 is 0 Å². The highest BCUT2D eigenvalue weighted by atomic mass is 16.5. The minimum Gasteiger partial charge on any atom is -0.492 e. The normalized spacial score (nSPS) is 23.5. The van der Waals surface area contributed by atoms with Crippen LogP contribution in [0, 0.1) is 0 Å². The molecule has 1 aromatic heterocycles. The van der Waals surface area contributed by atoms with Gasteiger partial charge >= 0.3 is 0 Å². The summed E-state index contributed by atoms with van der Waals surface area (Å²) in [4.78, 5) is 41.4. The van der Waals surface area contributed by atoms with Gasteiger partial charge < -0.3 is 9.64 Å². The third-order valence-corrected chi connectivity index (χ3v) is 9.70. The quantitative estimate of drug-likeness (QED) is 0.487. The number of fused-ring (bicyclic) bond motifs is 3. The molecule has 2 saturated heterocycles. The summed E-state index contributed by atoms with van der Waals surface area (Å²) < 4.78 is 8.30. The van der Waals surface area contributed by atoms with Gasteiger partial charge in [-0.05, 0) is 80.1 Å². The molecule has 0 radical (unpaired) electrons. The van der Waals surface area contributed by atoms with Crippen molar-refractivity contribution in [1.82, 2.24) is 24.9 Å². The van der Waals surface area contributed by atoms with Crippen LogP contribution in [-0.2, 0) is 28.1 Å². The standard InChI is InChI=1S/C32H33N5O4/c38-29-7-6-27(30(39)34-29)36-17-22-13-26-28(14-25(22)31(36)40)41-19-32(26)8-10-35(11-9-32)16-20-2-1-3-21(12-20)23-15-33-37(18-23)24-4-5-24/h1-3,12-15,18,24,27H,4-11,16-17,19H2,(H,34,38,39). The number of rotatable bonds is 5. The number of hydrogen-bond acceptors (Lipinski definition) is 6. The molecule has 1 N–H and O–H groups in total. The number of likely N-dealkylation sites (tertiary alicyclic amines) is 1. The van der Waals surface area contributed by atoms with Crippen molar-refractivity contribution in [2.45, 2.75) is 69.1 Å². The van der Waals surface area contributed by atoms with Crippen molar-refractivity contribution >= 4 is 17.7 Å². The summed E-state index contributed by atoms with van der Waals surface area (Å²) >= 11 is 0. The number of benzene rings is 2. The Morgan fingerprint density at radius 1 is 1.02 bits per heavy atom. The Labute approximate surface area is 238 Å². The average Bonchev–Trinajstić information content (AvgIpc) is 3.48. The zero-order valence-electron chi connectivity index (χ0n) is 23.0. The summed E-state index contributed by atoms with van der Waals surface area (Å²) in [7, 11) is 0. The Balaban J connectivity index is 0.954. The van der Waals surface area contributed by atoms with Crippen LogP contribution in [0.2, 0.25) is 0 Å². The second-order valence-corrected chi connectivity index (χ2v) is 12.4. The molecule has 1 aliphatic carbocycles. The molecule has 5 aliphatic rings. The second kappa shape index (κ2) is 9.27. The first-order chi connectivity index (χ1) is 20.0. The van der Waals surface area contributed by atoms with Crippen molar-refractivity contribution in [2.75, 3.05) is 19.7 Å². The van der Waals surface area contributed by atoms with Crippen molar-refractivity contribution in [3.63, 3.8) is 0 Å². The molecule has 210 valence electrons. The molecule has 9 nitrogen and oxygen atoms in total. The molecule has 4 aliphatic heterocycles. The topological polar surface area (TPSA) is 96.8 Å². The fourth-order valence-electron chi connectivity index (χ4n) is 7.11. The number of hydrogen-bond donors (Lipinski definition) is 1. The van der Waals surface area contributed by atoms with Gasteiger partial charge in [0.15, 0.2) is 0 Å². The molecule has 0 bridgehead atoms. The monoisotopic (exact) mass is 551 g/mol. The van der Waals surface area contributed by atoms with Crippen LogP contribution in [-0.4, -0.2) is 63.0 Å². The molecule has 1 spiro atoms. The Morgan fingerprint density at radius 3 is 2.68 bits per heavy atom. The molecule has 3 amide bonds. The van der Waals surface area contributed by atoms with Crippen LogP contribution in [0.5, 0.6) is 5.75 Å². The molecular formula is C32H33N5O4. The third-order valence-electron chi connectivity index (χ3n) is 9.70. The molecule has 9 heteroatoms. The van der Waals surface area contributed by atoms with E-state index < -0.39 is 6.04 Å². The van der Waals surface area contributed by atoms with Crippen LogP contribution in [0.4, 0.5) is 0 Å². The van der Waals surface area contributed by atoms with Gasteiger partial charge in [-0.15, -0.1) is 0 Å². The summed E-state index contributed by atoms with van der Waals surface area (Å²) in [5.41, 5.74) is 6.42. The summed E-state index contributed by atoms with van der Waals surface area (Å²) in [6, 6.07) is 12.8. The van der Waals surface area contributed by atoms with Gasteiger partial charge in [-0.2, -0.15) is 5.10 Å². The van der Waals surface area contributed by atoms with Crippen LogP contribution in [0.15, 0.2) is 48.8 Å². The Hall–Kier alpha value is -3.98. The zero-order chi connectivity index (χ0) is 27.7. The lowest BCUT2D eigenvalue weighted by atomic mass is 9.74. The number of imide groups is 1. The molecule has 1 atom stereocenters. The number of nitrogens with zero attached hydrogens (tertiary/aromatic N) is 4. The van der Waals surface area contributed by atoms with E-state index in [9.17, 15) is 14.4 Å². The lowest BCUT2D eigenvalue weighted by Gasteiger charge is -2.38. The molecule has 3 fully saturated rings. The number of aromatic nitrogens is 2. The van der Waals surface area contributed by atoms with Gasteiger partial charge in [0.2, 0.25) is 11.8 Å². The van der Waals surface area contributed by atoms with E-state index in [1.165, 1.54) is 35.1 Å². The van der Waals surface area contributed by atoms with Gasteiger partial charge in [0.05, 0.1) is 18.8 Å². The molecule has 1 saturated carbocycles. The second-order valence-electron chi connectivity index (χ2n) is 12.4. The third kappa shape index (κ3) is 4.25. The van der Waals surface area contributed by atoms with Crippen molar-refractivity contribution in [2.24, 2.45) is 0 Å². The zero-order valence-corrected chi connectivity index (χ0v) is 23.0. The van der Waals surface area contributed by atoms with E-state index in [0.29, 0.717) is 31.2 Å².